The summed E-state index contributed by atoms with van der Waals surface area (Å²) in [5, 5.41) is 9.67. The van der Waals surface area contributed by atoms with Gasteiger partial charge in [-0.3, -0.25) is 0 Å². The van der Waals surface area contributed by atoms with Gasteiger partial charge in [0.25, 0.3) is 0 Å². The van der Waals surface area contributed by atoms with E-state index >= 15 is 0 Å². The Morgan fingerprint density at radius 3 is 2.56 bits per heavy atom. The molecule has 6 nitrogen and oxygen atoms in total. The molecule has 0 radical (unpaired) electrons. The van der Waals surface area contributed by atoms with Crippen LogP contribution in [-0.4, -0.2) is 12.6 Å². The highest BCUT2D eigenvalue weighted by molar-refractivity contribution is 5.74. The maximum atomic E-state index is 12.3. The lowest BCUT2D eigenvalue weighted by molar-refractivity contribution is -0.136. The first-order valence-corrected chi connectivity index (χ1v) is 10.1. The minimum atomic E-state index is -0.541. The molecular formula is C26H22N2O4. The van der Waals surface area contributed by atoms with Gasteiger partial charge in [-0.1, -0.05) is 54.1 Å². The lowest BCUT2D eigenvalue weighted by atomic mass is 9.83. The van der Waals surface area contributed by atoms with Gasteiger partial charge >= 0.3 is 5.97 Å². The van der Waals surface area contributed by atoms with Crippen LogP contribution in [0.5, 0.6) is 17.2 Å². The zero-order valence-corrected chi connectivity index (χ0v) is 17.8. The van der Waals surface area contributed by atoms with Crippen molar-refractivity contribution in [1.82, 2.24) is 0 Å². The molecule has 160 valence electrons. The van der Waals surface area contributed by atoms with Crippen LogP contribution < -0.4 is 19.9 Å². The highest BCUT2D eigenvalue weighted by Crippen LogP contribution is 2.43. The van der Waals surface area contributed by atoms with E-state index in [1.807, 2.05) is 56.3 Å². The van der Waals surface area contributed by atoms with Crippen LogP contribution in [0.3, 0.4) is 0 Å². The Hall–Kier alpha value is -4.24. The van der Waals surface area contributed by atoms with Gasteiger partial charge in [-0.25, -0.2) is 4.79 Å². The van der Waals surface area contributed by atoms with E-state index < -0.39 is 5.97 Å². The van der Waals surface area contributed by atoms with E-state index in [1.54, 1.807) is 24.3 Å². The van der Waals surface area contributed by atoms with E-state index in [0.29, 0.717) is 22.8 Å². The summed E-state index contributed by atoms with van der Waals surface area (Å²) in [7, 11) is 0. The maximum absolute atomic E-state index is 12.3. The molecule has 0 saturated carbocycles. The molecule has 4 rings (SSSR count). The fraction of sp³-hybridized carbons (Fsp3) is 0.154. The molecule has 1 unspecified atom stereocenters. The molecule has 0 bridgehead atoms. The summed E-state index contributed by atoms with van der Waals surface area (Å²) in [4.78, 5) is 12.3. The van der Waals surface area contributed by atoms with Gasteiger partial charge < -0.3 is 19.9 Å². The number of carbonyl (C=O) groups is 1. The monoisotopic (exact) mass is 426 g/mol. The molecule has 0 amide bonds. The molecule has 32 heavy (non-hydrogen) atoms. The third-order valence-corrected chi connectivity index (χ3v) is 5.27. The van der Waals surface area contributed by atoms with Crippen LogP contribution in [0.4, 0.5) is 0 Å². The first-order valence-electron chi connectivity index (χ1n) is 10.1. The quantitative estimate of drug-likeness (QED) is 0.477. The molecule has 1 aliphatic heterocycles. The van der Waals surface area contributed by atoms with Crippen molar-refractivity contribution in [1.29, 1.82) is 5.26 Å². The summed E-state index contributed by atoms with van der Waals surface area (Å²) >= 11 is 0. The van der Waals surface area contributed by atoms with Gasteiger partial charge in [-0.15, -0.1) is 0 Å². The van der Waals surface area contributed by atoms with E-state index in [-0.39, 0.29) is 18.4 Å². The molecule has 1 aliphatic rings. The number of esters is 1. The molecule has 0 aromatic heterocycles. The Labute approximate surface area is 186 Å². The molecule has 6 heteroatoms. The standard InChI is InChI=1S/C26H22N2O4/c1-16-7-9-18(10-8-16)25-20-12-11-19(13-23(20)32-26(28)21(25)14-27)31-24(29)15-30-22-6-4-3-5-17(22)2/h3-13,25H,15,28H2,1-2H3. The van der Waals surface area contributed by atoms with Crippen LogP contribution >= 0.6 is 0 Å². The van der Waals surface area contributed by atoms with Crippen LogP contribution in [0.1, 0.15) is 28.2 Å². The lowest BCUT2D eigenvalue weighted by Crippen LogP contribution is -2.21. The fourth-order valence-electron chi connectivity index (χ4n) is 3.62. The smallest absolute Gasteiger partial charge is 0.349 e. The predicted molar refractivity (Wildman–Crippen MR) is 119 cm³/mol. The fourth-order valence-corrected chi connectivity index (χ4v) is 3.62. The van der Waals surface area contributed by atoms with E-state index in [1.165, 1.54) is 0 Å². The second-order valence-electron chi connectivity index (χ2n) is 7.56. The third kappa shape index (κ3) is 4.28. The summed E-state index contributed by atoms with van der Waals surface area (Å²) in [6.45, 7) is 3.68. The van der Waals surface area contributed by atoms with Gasteiger partial charge in [-0.2, -0.15) is 5.26 Å². The average Bonchev–Trinajstić information content (AvgIpc) is 2.78. The predicted octanol–water partition coefficient (Wildman–Crippen LogP) is 4.51. The number of aryl methyl sites for hydroxylation is 2. The molecule has 0 saturated heterocycles. The lowest BCUT2D eigenvalue weighted by Gasteiger charge is -2.26. The van der Waals surface area contributed by atoms with E-state index in [4.69, 9.17) is 19.9 Å². The Kier molecular flexibility index (Phi) is 5.82. The van der Waals surface area contributed by atoms with Gasteiger partial charge in [0.15, 0.2) is 6.61 Å². The van der Waals surface area contributed by atoms with E-state index in [0.717, 1.165) is 22.3 Å². The van der Waals surface area contributed by atoms with E-state index in [2.05, 4.69) is 6.07 Å². The van der Waals surface area contributed by atoms with Crippen LogP contribution in [0.15, 0.2) is 78.2 Å². The number of para-hydroxylation sites is 1. The maximum Gasteiger partial charge on any atom is 0.349 e. The number of benzene rings is 3. The van der Waals surface area contributed by atoms with Crippen molar-refractivity contribution in [3.05, 3.63) is 100 Å². The Bertz CT molecular complexity index is 1240. The van der Waals surface area contributed by atoms with Gasteiger partial charge in [-0.05, 0) is 37.1 Å². The third-order valence-electron chi connectivity index (χ3n) is 5.27. The second-order valence-corrected chi connectivity index (χ2v) is 7.56. The zero-order chi connectivity index (χ0) is 22.7. The minimum Gasteiger partial charge on any atom is -0.482 e. The highest BCUT2D eigenvalue weighted by atomic mass is 16.6. The number of rotatable bonds is 5. The van der Waals surface area contributed by atoms with Crippen molar-refractivity contribution >= 4 is 5.97 Å². The average molecular weight is 426 g/mol. The molecule has 0 fully saturated rings. The van der Waals surface area contributed by atoms with Crippen LogP contribution in [0.25, 0.3) is 0 Å². The Morgan fingerprint density at radius 2 is 1.84 bits per heavy atom. The highest BCUT2D eigenvalue weighted by Gasteiger charge is 2.31. The minimum absolute atomic E-state index is 0.0388. The first kappa shape index (κ1) is 21.0. The number of nitrogens with two attached hydrogens (primary N) is 1. The van der Waals surface area contributed by atoms with Crippen molar-refractivity contribution in [2.75, 3.05) is 6.61 Å². The van der Waals surface area contributed by atoms with Gasteiger partial charge in [0.1, 0.15) is 28.9 Å². The SMILES string of the molecule is Cc1ccc(C2C(C#N)=C(N)Oc3cc(OC(=O)COc4ccccc4C)ccc32)cc1. The van der Waals surface area contributed by atoms with Crippen LogP contribution in [-0.2, 0) is 4.79 Å². The van der Waals surface area contributed by atoms with Gasteiger partial charge in [0.05, 0.1) is 5.92 Å². The first-order chi connectivity index (χ1) is 15.5. The topological polar surface area (TPSA) is 94.6 Å². The van der Waals surface area contributed by atoms with Crippen molar-refractivity contribution in [2.45, 2.75) is 19.8 Å². The molecular weight excluding hydrogens is 404 g/mol. The molecule has 1 atom stereocenters. The Balaban J connectivity index is 1.55. The summed E-state index contributed by atoms with van der Waals surface area (Å²) in [6.07, 6.45) is 0. The number of allylic oxidation sites excluding steroid dienone is 1. The molecule has 3 aromatic rings. The van der Waals surface area contributed by atoms with Crippen molar-refractivity contribution < 1.29 is 19.0 Å². The van der Waals surface area contributed by atoms with Gasteiger partial charge in [0.2, 0.25) is 5.88 Å². The molecule has 0 aliphatic carbocycles. The number of fused-ring (bicyclic) bond motifs is 1. The van der Waals surface area contributed by atoms with Gasteiger partial charge in [0, 0.05) is 11.6 Å². The summed E-state index contributed by atoms with van der Waals surface area (Å²) in [5.41, 5.74) is 10.1. The largest absolute Gasteiger partial charge is 0.482 e. The second kappa shape index (κ2) is 8.86. The normalized spacial score (nSPS) is 14.7. The molecule has 2 N–H and O–H groups in total. The number of hydrogen-bond donors (Lipinski definition) is 1. The number of nitriles is 1. The molecule has 1 heterocycles. The summed E-state index contributed by atoms with van der Waals surface area (Å²) < 4.78 is 16.7. The zero-order valence-electron chi connectivity index (χ0n) is 17.8. The van der Waals surface area contributed by atoms with Crippen molar-refractivity contribution in [3.63, 3.8) is 0 Å². The number of ether oxygens (including phenoxy) is 3. The van der Waals surface area contributed by atoms with Crippen LogP contribution in [0.2, 0.25) is 0 Å². The summed E-state index contributed by atoms with van der Waals surface area (Å²) in [5.74, 6) is 0.507. The number of nitrogens with zero attached hydrogens (tertiary/aromatic N) is 1. The van der Waals surface area contributed by atoms with E-state index in [9.17, 15) is 10.1 Å². The van der Waals surface area contributed by atoms with Crippen molar-refractivity contribution in [2.24, 2.45) is 5.73 Å². The van der Waals surface area contributed by atoms with Crippen LogP contribution in [0, 0.1) is 25.2 Å². The molecule has 3 aromatic carbocycles. The molecule has 0 spiro atoms. The Morgan fingerprint density at radius 1 is 1.09 bits per heavy atom. The number of carbonyl (C=O) groups excluding carboxylic acids is 1. The number of hydrogen-bond acceptors (Lipinski definition) is 6. The summed E-state index contributed by atoms with van der Waals surface area (Å²) in [6, 6.07) is 22.6. The van der Waals surface area contributed by atoms with Crippen molar-refractivity contribution in [3.8, 4) is 23.3 Å².